The minimum Gasteiger partial charge on any atom is -0.444 e. The number of nitriles is 1. The summed E-state index contributed by atoms with van der Waals surface area (Å²) < 4.78 is 5.19. The summed E-state index contributed by atoms with van der Waals surface area (Å²) in [6.45, 7) is 9.12. The lowest BCUT2D eigenvalue weighted by Crippen LogP contribution is -2.46. The molecule has 0 bridgehead atoms. The molecule has 1 rings (SSSR count). The minimum atomic E-state index is -0.560. The number of carbonyl (C=O) groups is 1. The molecule has 2 unspecified atom stereocenters. The summed E-state index contributed by atoms with van der Waals surface area (Å²) in [6.07, 6.45) is -0.526. The van der Waals surface area contributed by atoms with Crippen LogP contribution in [-0.4, -0.2) is 23.8 Å². The van der Waals surface area contributed by atoms with Crippen LogP contribution in [0.15, 0.2) is 24.3 Å². The van der Waals surface area contributed by atoms with Crippen LogP contribution in [0.5, 0.6) is 0 Å². The summed E-state index contributed by atoms with van der Waals surface area (Å²) in [5.41, 5.74) is 1.36. The zero-order valence-corrected chi connectivity index (χ0v) is 13.2. The van der Waals surface area contributed by atoms with E-state index < -0.39 is 17.7 Å². The third kappa shape index (κ3) is 5.74. The number of benzene rings is 1. The number of amides is 1. The molecule has 5 nitrogen and oxygen atoms in total. The summed E-state index contributed by atoms with van der Waals surface area (Å²) in [5, 5.41) is 15.1. The molecule has 2 N–H and O–H groups in total. The Hall–Kier alpha value is -2.22. The monoisotopic (exact) mass is 289 g/mol. The summed E-state index contributed by atoms with van der Waals surface area (Å²) >= 11 is 0. The van der Waals surface area contributed by atoms with E-state index in [1.54, 1.807) is 27.7 Å². The predicted octanol–water partition coefficient (Wildman–Crippen LogP) is 3.21. The maximum absolute atomic E-state index is 11.7. The number of hydrogen-bond donors (Lipinski definition) is 2. The SMILES string of the molecule is Cc1ccccc1NC(C#N)C(C)NC(=O)OC(C)(C)C. The Kier molecular flexibility index (Phi) is 5.60. The summed E-state index contributed by atoms with van der Waals surface area (Å²) in [7, 11) is 0. The summed E-state index contributed by atoms with van der Waals surface area (Å²) in [4.78, 5) is 11.7. The number of ether oxygens (including phenoxy) is 1. The van der Waals surface area contributed by atoms with Gasteiger partial charge in [0.1, 0.15) is 11.6 Å². The highest BCUT2D eigenvalue weighted by Gasteiger charge is 2.22. The second-order valence-corrected chi connectivity index (χ2v) is 6.00. The van der Waals surface area contributed by atoms with E-state index in [0.29, 0.717) is 0 Å². The Morgan fingerprint density at radius 1 is 1.33 bits per heavy atom. The molecule has 1 aromatic carbocycles. The van der Waals surface area contributed by atoms with Crippen molar-refractivity contribution in [2.45, 2.75) is 52.3 Å². The van der Waals surface area contributed by atoms with Gasteiger partial charge in [-0.15, -0.1) is 0 Å². The molecular formula is C16H23N3O2. The Labute approximate surface area is 126 Å². The van der Waals surface area contributed by atoms with E-state index in [-0.39, 0.29) is 6.04 Å². The number of nitrogens with zero attached hydrogens (tertiary/aromatic N) is 1. The molecule has 0 aromatic heterocycles. The molecule has 0 heterocycles. The molecule has 0 radical (unpaired) electrons. The summed E-state index contributed by atoms with van der Waals surface area (Å²) in [6, 6.07) is 8.93. The standard InChI is InChI=1S/C16H23N3O2/c1-11-8-6-7-9-13(11)19-14(10-17)12(2)18-15(20)21-16(3,4)5/h6-9,12,14,19H,1-5H3,(H,18,20). The molecule has 1 aromatic rings. The highest BCUT2D eigenvalue weighted by Crippen LogP contribution is 2.15. The van der Waals surface area contributed by atoms with Gasteiger partial charge in [0.2, 0.25) is 0 Å². The highest BCUT2D eigenvalue weighted by atomic mass is 16.6. The Morgan fingerprint density at radius 3 is 2.48 bits per heavy atom. The molecule has 0 saturated carbocycles. The summed E-state index contributed by atoms with van der Waals surface area (Å²) in [5.74, 6) is 0. The van der Waals surface area contributed by atoms with E-state index in [9.17, 15) is 10.1 Å². The van der Waals surface area contributed by atoms with Crippen molar-refractivity contribution in [2.24, 2.45) is 0 Å². The normalized spacial score (nSPS) is 13.7. The van der Waals surface area contributed by atoms with Crippen LogP contribution in [0, 0.1) is 18.3 Å². The fourth-order valence-corrected chi connectivity index (χ4v) is 1.75. The maximum Gasteiger partial charge on any atom is 0.407 e. The fraction of sp³-hybridized carbons (Fsp3) is 0.500. The van der Waals surface area contributed by atoms with Crippen LogP contribution in [0.1, 0.15) is 33.3 Å². The highest BCUT2D eigenvalue weighted by molar-refractivity contribution is 5.68. The van der Waals surface area contributed by atoms with Crippen molar-refractivity contribution in [3.63, 3.8) is 0 Å². The number of hydrogen-bond acceptors (Lipinski definition) is 4. The fourth-order valence-electron chi connectivity index (χ4n) is 1.75. The quantitative estimate of drug-likeness (QED) is 0.892. The van der Waals surface area contributed by atoms with E-state index in [4.69, 9.17) is 4.74 Å². The topological polar surface area (TPSA) is 74.2 Å². The number of carbonyl (C=O) groups excluding carboxylic acids is 1. The van der Waals surface area contributed by atoms with Crippen LogP contribution in [0.2, 0.25) is 0 Å². The van der Waals surface area contributed by atoms with E-state index >= 15 is 0 Å². The van der Waals surface area contributed by atoms with Gasteiger partial charge in [-0.2, -0.15) is 5.26 Å². The van der Waals surface area contributed by atoms with Crippen molar-refractivity contribution in [3.05, 3.63) is 29.8 Å². The van der Waals surface area contributed by atoms with Gasteiger partial charge in [-0.05, 0) is 46.2 Å². The number of anilines is 1. The van der Waals surface area contributed by atoms with Crippen molar-refractivity contribution in [1.82, 2.24) is 5.32 Å². The lowest BCUT2D eigenvalue weighted by molar-refractivity contribution is 0.0507. The van der Waals surface area contributed by atoms with Crippen molar-refractivity contribution in [1.29, 1.82) is 5.26 Å². The second kappa shape index (κ2) is 6.98. The largest absolute Gasteiger partial charge is 0.444 e. The minimum absolute atomic E-state index is 0.385. The number of nitrogens with one attached hydrogen (secondary N) is 2. The molecule has 0 saturated heterocycles. The van der Waals surface area contributed by atoms with Crippen LogP contribution >= 0.6 is 0 Å². The third-order valence-corrected chi connectivity index (χ3v) is 2.84. The van der Waals surface area contributed by atoms with E-state index in [0.717, 1.165) is 11.3 Å². The molecule has 0 aliphatic rings. The van der Waals surface area contributed by atoms with E-state index in [1.165, 1.54) is 0 Å². The zero-order valence-electron chi connectivity index (χ0n) is 13.2. The Balaban J connectivity index is 2.66. The Morgan fingerprint density at radius 2 is 1.95 bits per heavy atom. The van der Waals surface area contributed by atoms with Gasteiger partial charge in [0, 0.05) is 5.69 Å². The van der Waals surface area contributed by atoms with Crippen LogP contribution in [0.3, 0.4) is 0 Å². The predicted molar refractivity (Wildman–Crippen MR) is 83.0 cm³/mol. The molecule has 0 spiro atoms. The molecule has 0 aliphatic heterocycles. The van der Waals surface area contributed by atoms with E-state index in [2.05, 4.69) is 16.7 Å². The molecule has 0 fully saturated rings. The first-order valence-electron chi connectivity index (χ1n) is 6.94. The van der Waals surface area contributed by atoms with Gasteiger partial charge >= 0.3 is 6.09 Å². The Bertz CT molecular complexity index is 529. The van der Waals surface area contributed by atoms with Crippen LogP contribution in [0.25, 0.3) is 0 Å². The van der Waals surface area contributed by atoms with E-state index in [1.807, 2.05) is 31.2 Å². The van der Waals surface area contributed by atoms with Gasteiger partial charge in [-0.1, -0.05) is 18.2 Å². The van der Waals surface area contributed by atoms with Gasteiger partial charge < -0.3 is 15.4 Å². The van der Waals surface area contributed by atoms with Crippen LogP contribution in [0.4, 0.5) is 10.5 Å². The molecule has 114 valence electrons. The first-order chi connectivity index (χ1) is 9.73. The van der Waals surface area contributed by atoms with Gasteiger partial charge in [-0.3, -0.25) is 0 Å². The third-order valence-electron chi connectivity index (χ3n) is 2.84. The molecule has 5 heteroatoms. The molecule has 21 heavy (non-hydrogen) atoms. The number of aryl methyl sites for hydroxylation is 1. The van der Waals surface area contributed by atoms with Gasteiger partial charge in [0.05, 0.1) is 12.1 Å². The van der Waals surface area contributed by atoms with Crippen LogP contribution in [-0.2, 0) is 4.74 Å². The molecule has 1 amide bonds. The smallest absolute Gasteiger partial charge is 0.407 e. The number of rotatable bonds is 4. The second-order valence-electron chi connectivity index (χ2n) is 6.00. The zero-order chi connectivity index (χ0) is 16.0. The van der Waals surface area contributed by atoms with Gasteiger partial charge in [0.25, 0.3) is 0 Å². The van der Waals surface area contributed by atoms with Gasteiger partial charge in [0.15, 0.2) is 0 Å². The van der Waals surface area contributed by atoms with Crippen molar-refractivity contribution < 1.29 is 9.53 Å². The van der Waals surface area contributed by atoms with Crippen molar-refractivity contribution in [3.8, 4) is 6.07 Å². The maximum atomic E-state index is 11.7. The number of para-hydroxylation sites is 1. The molecule has 2 atom stereocenters. The lowest BCUT2D eigenvalue weighted by Gasteiger charge is -2.25. The first-order valence-corrected chi connectivity index (χ1v) is 6.94. The average molecular weight is 289 g/mol. The lowest BCUT2D eigenvalue weighted by atomic mass is 10.1. The first kappa shape index (κ1) is 16.8. The number of alkyl carbamates (subject to hydrolysis) is 1. The van der Waals surface area contributed by atoms with Crippen molar-refractivity contribution >= 4 is 11.8 Å². The average Bonchev–Trinajstić information content (AvgIpc) is 2.35. The van der Waals surface area contributed by atoms with Gasteiger partial charge in [-0.25, -0.2) is 4.79 Å². The van der Waals surface area contributed by atoms with Crippen LogP contribution < -0.4 is 10.6 Å². The molecule has 0 aliphatic carbocycles. The van der Waals surface area contributed by atoms with Crippen molar-refractivity contribution in [2.75, 3.05) is 5.32 Å². The molecular weight excluding hydrogens is 266 g/mol.